The number of aliphatic imine (C=N–C) groups is 2. The van der Waals surface area contributed by atoms with Crippen molar-refractivity contribution in [2.75, 3.05) is 0 Å². The zero-order valence-corrected chi connectivity index (χ0v) is 15.8. The normalized spacial score (nSPS) is 12.9. The molecule has 4 nitrogen and oxygen atoms in total. The first-order valence-corrected chi connectivity index (χ1v) is 9.92. The van der Waals surface area contributed by atoms with Gasteiger partial charge >= 0.3 is 0 Å². The molecule has 0 amide bonds. The summed E-state index contributed by atoms with van der Waals surface area (Å²) in [6.45, 7) is 4.36. The molecule has 0 radical (unpaired) electrons. The second-order valence-electron chi connectivity index (χ2n) is 6.78. The van der Waals surface area contributed by atoms with Gasteiger partial charge in [-0.2, -0.15) is 9.98 Å². The van der Waals surface area contributed by atoms with Gasteiger partial charge < -0.3 is 0 Å². The van der Waals surface area contributed by atoms with E-state index in [9.17, 15) is 9.59 Å². The number of rotatable bonds is 17. The van der Waals surface area contributed by atoms with Gasteiger partial charge in [0.15, 0.2) is 5.66 Å². The van der Waals surface area contributed by atoms with Gasteiger partial charge in [0.2, 0.25) is 12.2 Å². The third-order valence-electron chi connectivity index (χ3n) is 4.62. The predicted octanol–water partition coefficient (Wildman–Crippen LogP) is 6.25. The maximum atomic E-state index is 10.7. The molecule has 0 rings (SSSR count). The molecular weight excluding hydrogens is 300 g/mol. The van der Waals surface area contributed by atoms with Crippen LogP contribution in [0.15, 0.2) is 9.98 Å². The van der Waals surface area contributed by atoms with Crippen LogP contribution in [-0.2, 0) is 9.59 Å². The lowest BCUT2D eigenvalue weighted by Crippen LogP contribution is -2.23. The van der Waals surface area contributed by atoms with Gasteiger partial charge in [0.1, 0.15) is 0 Å². The van der Waals surface area contributed by atoms with Crippen LogP contribution >= 0.6 is 0 Å². The molecule has 0 saturated heterocycles. The summed E-state index contributed by atoms with van der Waals surface area (Å²) in [6.07, 6.45) is 20.1. The Balaban J connectivity index is 4.01. The fourth-order valence-electron chi connectivity index (χ4n) is 3.10. The molecule has 0 aliphatic heterocycles. The van der Waals surface area contributed by atoms with Crippen molar-refractivity contribution >= 4 is 12.2 Å². The number of nitrogens with zero attached hydrogens (tertiary/aromatic N) is 2. The van der Waals surface area contributed by atoms with E-state index in [0.717, 1.165) is 32.1 Å². The van der Waals surface area contributed by atoms with E-state index in [2.05, 4.69) is 23.8 Å². The summed E-state index contributed by atoms with van der Waals surface area (Å²) in [6, 6.07) is 0. The van der Waals surface area contributed by atoms with Gasteiger partial charge in [0.05, 0.1) is 0 Å². The average molecular weight is 337 g/mol. The van der Waals surface area contributed by atoms with Crippen LogP contribution in [0.1, 0.15) is 110 Å². The van der Waals surface area contributed by atoms with Crippen molar-refractivity contribution in [3.05, 3.63) is 0 Å². The molecule has 0 aromatic heterocycles. The summed E-state index contributed by atoms with van der Waals surface area (Å²) < 4.78 is 0. The molecule has 0 N–H and O–H groups in total. The van der Waals surface area contributed by atoms with Gasteiger partial charge in [0.25, 0.3) is 0 Å². The SMILES string of the molecule is CCCCCCCCCCCCC(CCCCC)(N=C=O)N=C=O. The number of hydrogen-bond acceptors (Lipinski definition) is 4. The monoisotopic (exact) mass is 336 g/mol. The molecule has 0 bridgehead atoms. The number of hydrogen-bond donors (Lipinski definition) is 0. The second-order valence-corrected chi connectivity index (χ2v) is 6.78. The van der Waals surface area contributed by atoms with Crippen LogP contribution in [0.2, 0.25) is 0 Å². The van der Waals surface area contributed by atoms with Gasteiger partial charge in [-0.15, -0.1) is 0 Å². The van der Waals surface area contributed by atoms with Gasteiger partial charge in [0, 0.05) is 0 Å². The molecule has 0 aliphatic rings. The van der Waals surface area contributed by atoms with Crippen LogP contribution in [0, 0.1) is 0 Å². The minimum atomic E-state index is -0.904. The topological polar surface area (TPSA) is 58.9 Å². The number of isocyanates is 2. The van der Waals surface area contributed by atoms with E-state index in [0.29, 0.717) is 12.8 Å². The quantitative estimate of drug-likeness (QED) is 0.179. The molecule has 24 heavy (non-hydrogen) atoms. The van der Waals surface area contributed by atoms with Crippen LogP contribution in [0.3, 0.4) is 0 Å². The van der Waals surface area contributed by atoms with E-state index in [1.54, 1.807) is 12.2 Å². The van der Waals surface area contributed by atoms with Gasteiger partial charge in [-0.05, 0) is 25.7 Å². The fraction of sp³-hybridized carbons (Fsp3) is 0.900. The third kappa shape index (κ3) is 12.2. The van der Waals surface area contributed by atoms with Crippen molar-refractivity contribution < 1.29 is 9.59 Å². The first kappa shape index (κ1) is 22.8. The van der Waals surface area contributed by atoms with Crippen LogP contribution in [0.5, 0.6) is 0 Å². The Hall–Kier alpha value is -1.24. The first-order valence-electron chi connectivity index (χ1n) is 9.92. The fourth-order valence-corrected chi connectivity index (χ4v) is 3.10. The lowest BCUT2D eigenvalue weighted by molar-refractivity contribution is 0.349. The summed E-state index contributed by atoms with van der Waals surface area (Å²) >= 11 is 0. The smallest absolute Gasteiger partial charge is 0.211 e. The van der Waals surface area contributed by atoms with E-state index < -0.39 is 5.66 Å². The van der Waals surface area contributed by atoms with E-state index >= 15 is 0 Å². The largest absolute Gasteiger partial charge is 0.237 e. The van der Waals surface area contributed by atoms with E-state index in [-0.39, 0.29) is 0 Å². The van der Waals surface area contributed by atoms with Crippen molar-refractivity contribution in [1.29, 1.82) is 0 Å². The molecule has 0 unspecified atom stereocenters. The maximum absolute atomic E-state index is 10.7. The minimum absolute atomic E-state index is 0.642. The van der Waals surface area contributed by atoms with E-state index in [1.807, 2.05) is 0 Å². The Morgan fingerprint density at radius 3 is 1.33 bits per heavy atom. The molecule has 0 saturated carbocycles. The average Bonchev–Trinajstić information content (AvgIpc) is 2.57. The highest BCUT2D eigenvalue weighted by atomic mass is 16.1. The zero-order chi connectivity index (χ0) is 17.9. The molecule has 0 heterocycles. The molecule has 0 spiro atoms. The van der Waals surface area contributed by atoms with Crippen LogP contribution in [0.4, 0.5) is 0 Å². The Morgan fingerprint density at radius 2 is 0.917 bits per heavy atom. The number of carbonyl (C=O) groups excluding carboxylic acids is 2. The highest BCUT2D eigenvalue weighted by Gasteiger charge is 2.28. The van der Waals surface area contributed by atoms with Crippen LogP contribution in [0.25, 0.3) is 0 Å². The van der Waals surface area contributed by atoms with Crippen LogP contribution < -0.4 is 0 Å². The number of unbranched alkanes of at least 4 members (excludes halogenated alkanes) is 11. The summed E-state index contributed by atoms with van der Waals surface area (Å²) in [7, 11) is 0. The van der Waals surface area contributed by atoms with Crippen molar-refractivity contribution in [2.24, 2.45) is 9.98 Å². The van der Waals surface area contributed by atoms with Gasteiger partial charge in [-0.25, -0.2) is 9.59 Å². The Labute approximate surface area is 148 Å². The molecule has 0 aromatic rings. The van der Waals surface area contributed by atoms with E-state index in [1.165, 1.54) is 51.4 Å². The molecule has 138 valence electrons. The highest BCUT2D eigenvalue weighted by molar-refractivity contribution is 5.39. The third-order valence-corrected chi connectivity index (χ3v) is 4.62. The Kier molecular flexibility index (Phi) is 15.8. The zero-order valence-electron chi connectivity index (χ0n) is 15.8. The lowest BCUT2D eigenvalue weighted by atomic mass is 9.95. The van der Waals surface area contributed by atoms with Crippen molar-refractivity contribution in [3.8, 4) is 0 Å². The summed E-state index contributed by atoms with van der Waals surface area (Å²) in [5, 5.41) is 0. The standard InChI is InChI=1S/C20H36N2O2/c1-3-5-7-8-9-10-11-12-13-15-17-20(21-18-23,22-19-24)16-14-6-4-2/h3-17H2,1-2H3. The Bertz CT molecular complexity index is 365. The molecule has 0 atom stereocenters. The van der Waals surface area contributed by atoms with Crippen molar-refractivity contribution in [3.63, 3.8) is 0 Å². The minimum Gasteiger partial charge on any atom is -0.211 e. The summed E-state index contributed by atoms with van der Waals surface area (Å²) in [5.41, 5.74) is -0.904. The lowest BCUT2D eigenvalue weighted by Gasteiger charge is -2.22. The second kappa shape index (κ2) is 16.6. The Morgan fingerprint density at radius 1 is 0.583 bits per heavy atom. The molecule has 0 aliphatic carbocycles. The highest BCUT2D eigenvalue weighted by Crippen LogP contribution is 2.28. The molecule has 0 fully saturated rings. The van der Waals surface area contributed by atoms with Gasteiger partial charge in [-0.1, -0.05) is 84.5 Å². The summed E-state index contributed by atoms with van der Waals surface area (Å²) in [4.78, 5) is 29.2. The van der Waals surface area contributed by atoms with Crippen molar-refractivity contribution in [2.45, 2.75) is 116 Å². The first-order chi connectivity index (χ1) is 11.7. The molecule has 4 heteroatoms. The van der Waals surface area contributed by atoms with Gasteiger partial charge in [-0.3, -0.25) is 0 Å². The molecule has 0 aromatic carbocycles. The predicted molar refractivity (Wildman–Crippen MR) is 99.6 cm³/mol. The molecular formula is C20H36N2O2. The maximum Gasteiger partial charge on any atom is 0.237 e. The van der Waals surface area contributed by atoms with Crippen LogP contribution in [-0.4, -0.2) is 17.8 Å². The van der Waals surface area contributed by atoms with E-state index in [4.69, 9.17) is 0 Å². The summed E-state index contributed by atoms with van der Waals surface area (Å²) in [5.74, 6) is 0. The van der Waals surface area contributed by atoms with Crippen molar-refractivity contribution in [1.82, 2.24) is 0 Å².